The Labute approximate surface area is 135 Å². The quantitative estimate of drug-likeness (QED) is 0.836. The van der Waals surface area contributed by atoms with Crippen LogP contribution in [0.3, 0.4) is 0 Å². The van der Waals surface area contributed by atoms with Gasteiger partial charge in [0.15, 0.2) is 0 Å². The molecule has 122 valence electrons. The van der Waals surface area contributed by atoms with E-state index >= 15 is 0 Å². The zero-order valence-electron chi connectivity index (χ0n) is 12.5. The number of carbonyl (C=O) groups is 1. The van der Waals surface area contributed by atoms with Gasteiger partial charge >= 0.3 is 5.97 Å². The number of rotatable bonds is 4. The maximum Gasteiger partial charge on any atom is 0.339 e. The molecule has 6 nitrogen and oxygen atoms in total. The molecule has 1 aliphatic heterocycles. The lowest BCUT2D eigenvalue weighted by Gasteiger charge is -2.32. The first kappa shape index (κ1) is 17.2. The summed E-state index contributed by atoms with van der Waals surface area (Å²) in [5.74, 6) is -0.719. The number of piperidine rings is 1. The molecule has 1 aromatic rings. The van der Waals surface area contributed by atoms with E-state index in [4.69, 9.17) is 11.6 Å². The van der Waals surface area contributed by atoms with Gasteiger partial charge in [-0.3, -0.25) is 0 Å². The van der Waals surface area contributed by atoms with Crippen molar-refractivity contribution in [1.82, 2.24) is 9.62 Å². The molecule has 0 radical (unpaired) electrons. The van der Waals surface area contributed by atoms with Crippen molar-refractivity contribution in [3.63, 3.8) is 0 Å². The fourth-order valence-electron chi connectivity index (χ4n) is 2.53. The van der Waals surface area contributed by atoms with E-state index in [9.17, 15) is 13.2 Å². The number of nitrogens with one attached hydrogen (secondary N) is 1. The summed E-state index contributed by atoms with van der Waals surface area (Å²) in [6.45, 7) is 0.811. The van der Waals surface area contributed by atoms with Gasteiger partial charge in [0.05, 0.1) is 17.6 Å². The molecule has 1 aromatic carbocycles. The molecule has 1 aliphatic rings. The van der Waals surface area contributed by atoms with Crippen LogP contribution in [-0.2, 0) is 14.8 Å². The fourth-order valence-corrected chi connectivity index (χ4v) is 4.39. The molecule has 1 heterocycles. The molecule has 0 aliphatic carbocycles. The van der Waals surface area contributed by atoms with Crippen molar-refractivity contribution in [1.29, 1.82) is 0 Å². The Morgan fingerprint density at radius 2 is 2.18 bits per heavy atom. The van der Waals surface area contributed by atoms with Gasteiger partial charge in [-0.25, -0.2) is 13.2 Å². The van der Waals surface area contributed by atoms with E-state index in [1.54, 1.807) is 0 Å². The van der Waals surface area contributed by atoms with Crippen LogP contribution in [0.15, 0.2) is 23.1 Å². The van der Waals surface area contributed by atoms with E-state index in [2.05, 4.69) is 10.1 Å². The van der Waals surface area contributed by atoms with Gasteiger partial charge in [0.1, 0.15) is 0 Å². The van der Waals surface area contributed by atoms with Crippen LogP contribution >= 0.6 is 11.6 Å². The average molecular weight is 347 g/mol. The molecule has 1 atom stereocenters. The van der Waals surface area contributed by atoms with Gasteiger partial charge in [-0.05, 0) is 38.1 Å². The van der Waals surface area contributed by atoms with E-state index in [0.29, 0.717) is 13.1 Å². The summed E-state index contributed by atoms with van der Waals surface area (Å²) < 4.78 is 31.8. The van der Waals surface area contributed by atoms with Crippen LogP contribution in [0.2, 0.25) is 5.02 Å². The van der Waals surface area contributed by atoms with Crippen LogP contribution in [0, 0.1) is 0 Å². The second-order valence-corrected chi connectivity index (χ2v) is 7.47. The number of esters is 1. The highest BCUT2D eigenvalue weighted by molar-refractivity contribution is 7.89. The summed E-state index contributed by atoms with van der Waals surface area (Å²) in [5, 5.41) is 3.38. The summed E-state index contributed by atoms with van der Waals surface area (Å²) in [5.41, 5.74) is -0.0402. The maximum atomic E-state index is 12.8. The minimum atomic E-state index is -3.77. The van der Waals surface area contributed by atoms with Crippen molar-refractivity contribution in [3.8, 4) is 0 Å². The van der Waals surface area contributed by atoms with Crippen LogP contribution in [0.25, 0.3) is 0 Å². The van der Waals surface area contributed by atoms with Crippen molar-refractivity contribution in [3.05, 3.63) is 28.8 Å². The van der Waals surface area contributed by atoms with Crippen LogP contribution < -0.4 is 5.32 Å². The number of methoxy groups -OCH3 is 1. The van der Waals surface area contributed by atoms with Crippen molar-refractivity contribution in [2.24, 2.45) is 0 Å². The lowest BCUT2D eigenvalue weighted by atomic mass is 10.1. The van der Waals surface area contributed by atoms with Crippen molar-refractivity contribution < 1.29 is 17.9 Å². The standard InChI is InChI=1S/C14H19ClN2O4S/c1-16-11-4-3-7-17(9-11)22(19,20)13-6-5-10(15)8-12(13)14(18)21-2/h5-6,8,11,16H,3-4,7,9H2,1-2H3. The highest BCUT2D eigenvalue weighted by Gasteiger charge is 2.32. The van der Waals surface area contributed by atoms with Crippen molar-refractivity contribution >= 4 is 27.6 Å². The molecule has 8 heteroatoms. The lowest BCUT2D eigenvalue weighted by Crippen LogP contribution is -2.47. The maximum absolute atomic E-state index is 12.8. The summed E-state index contributed by atoms with van der Waals surface area (Å²) in [7, 11) is -0.759. The molecule has 0 bridgehead atoms. The first-order valence-electron chi connectivity index (χ1n) is 6.95. The van der Waals surface area contributed by atoms with Crippen molar-refractivity contribution in [2.45, 2.75) is 23.8 Å². The third-order valence-electron chi connectivity index (χ3n) is 3.76. The average Bonchev–Trinajstić information content (AvgIpc) is 2.53. The predicted molar refractivity (Wildman–Crippen MR) is 83.6 cm³/mol. The molecule has 1 fully saturated rings. The number of sulfonamides is 1. The smallest absolute Gasteiger partial charge is 0.339 e. The molecule has 1 unspecified atom stereocenters. The van der Waals surface area contributed by atoms with Gasteiger partial charge < -0.3 is 10.1 Å². The Morgan fingerprint density at radius 3 is 2.82 bits per heavy atom. The van der Waals surface area contributed by atoms with Crippen molar-refractivity contribution in [2.75, 3.05) is 27.2 Å². The molecule has 0 aromatic heterocycles. The summed E-state index contributed by atoms with van der Waals surface area (Å²) in [6.07, 6.45) is 1.69. The zero-order valence-corrected chi connectivity index (χ0v) is 14.1. The van der Waals surface area contributed by atoms with Gasteiger partial charge in [0, 0.05) is 24.2 Å². The zero-order chi connectivity index (χ0) is 16.3. The Morgan fingerprint density at radius 1 is 1.45 bits per heavy atom. The Hall–Kier alpha value is -1.15. The lowest BCUT2D eigenvalue weighted by molar-refractivity contribution is 0.0596. The highest BCUT2D eigenvalue weighted by Crippen LogP contribution is 2.26. The first-order chi connectivity index (χ1) is 10.4. The Balaban J connectivity index is 2.43. The molecule has 0 spiro atoms. The number of likely N-dealkylation sites (N-methyl/N-ethyl adjacent to an activating group) is 1. The molecule has 22 heavy (non-hydrogen) atoms. The second-order valence-electron chi connectivity index (χ2n) is 5.12. The van der Waals surface area contributed by atoms with Gasteiger partial charge in [0.2, 0.25) is 10.0 Å². The topological polar surface area (TPSA) is 75.7 Å². The predicted octanol–water partition coefficient (Wildman–Crippen LogP) is 1.50. The normalized spacial score (nSPS) is 19.9. The largest absolute Gasteiger partial charge is 0.465 e. The van der Waals surface area contributed by atoms with Crippen LogP contribution in [0.4, 0.5) is 0 Å². The molecule has 2 rings (SSSR count). The summed E-state index contributed by atoms with van der Waals surface area (Å²) in [4.78, 5) is 11.8. The number of carbonyl (C=O) groups excluding carboxylic acids is 1. The van der Waals surface area contributed by atoms with E-state index in [1.165, 1.54) is 29.6 Å². The number of benzene rings is 1. The first-order valence-corrected chi connectivity index (χ1v) is 8.77. The minimum absolute atomic E-state index is 0.0402. The monoisotopic (exact) mass is 346 g/mol. The molecule has 1 saturated heterocycles. The Bertz CT molecular complexity index is 663. The molecule has 0 saturated carbocycles. The van der Waals surface area contributed by atoms with Gasteiger partial charge in [0.25, 0.3) is 0 Å². The van der Waals surface area contributed by atoms with Gasteiger partial charge in [-0.15, -0.1) is 0 Å². The third kappa shape index (κ3) is 3.43. The number of ether oxygens (including phenoxy) is 1. The van der Waals surface area contributed by atoms with E-state index in [-0.39, 0.29) is 21.5 Å². The number of hydrogen-bond acceptors (Lipinski definition) is 5. The molecule has 1 N–H and O–H groups in total. The van der Waals surface area contributed by atoms with Gasteiger partial charge in [-0.1, -0.05) is 11.6 Å². The molecular formula is C14H19ClN2O4S. The molecular weight excluding hydrogens is 328 g/mol. The highest BCUT2D eigenvalue weighted by atomic mass is 35.5. The Kier molecular flexibility index (Phi) is 5.44. The number of halogens is 1. The molecule has 0 amide bonds. The van der Waals surface area contributed by atoms with Crippen LogP contribution in [0.1, 0.15) is 23.2 Å². The minimum Gasteiger partial charge on any atom is -0.465 e. The summed E-state index contributed by atoms with van der Waals surface area (Å²) >= 11 is 5.87. The van der Waals surface area contributed by atoms with E-state index < -0.39 is 16.0 Å². The summed E-state index contributed by atoms with van der Waals surface area (Å²) in [6, 6.07) is 4.24. The van der Waals surface area contributed by atoms with Gasteiger partial charge in [-0.2, -0.15) is 4.31 Å². The fraction of sp³-hybridized carbons (Fsp3) is 0.500. The van der Waals surface area contributed by atoms with E-state index in [0.717, 1.165) is 12.8 Å². The third-order valence-corrected chi connectivity index (χ3v) is 5.92. The second kappa shape index (κ2) is 6.95. The van der Waals surface area contributed by atoms with Crippen LogP contribution in [0.5, 0.6) is 0 Å². The van der Waals surface area contributed by atoms with E-state index in [1.807, 2.05) is 7.05 Å². The SMILES string of the molecule is CNC1CCCN(S(=O)(=O)c2ccc(Cl)cc2C(=O)OC)C1. The van der Waals surface area contributed by atoms with Crippen LogP contribution in [-0.4, -0.2) is 52.0 Å². The number of nitrogens with zero attached hydrogens (tertiary/aromatic N) is 1. The number of hydrogen-bond donors (Lipinski definition) is 1.